The minimum Gasteiger partial charge on any atom is -0.366 e. The van der Waals surface area contributed by atoms with Gasteiger partial charge in [-0.3, -0.25) is 14.6 Å². The van der Waals surface area contributed by atoms with Crippen LogP contribution in [0.3, 0.4) is 0 Å². The Labute approximate surface area is 122 Å². The molecule has 1 heterocycles. The van der Waals surface area contributed by atoms with Gasteiger partial charge in [-0.05, 0) is 35.4 Å². The Hall–Kier alpha value is -2.95. The van der Waals surface area contributed by atoms with Crippen LogP contribution in [-0.2, 0) is 11.3 Å². The van der Waals surface area contributed by atoms with E-state index in [0.29, 0.717) is 12.1 Å². The Morgan fingerprint density at radius 1 is 1.24 bits per heavy atom. The third-order valence-electron chi connectivity index (χ3n) is 2.79. The third kappa shape index (κ3) is 4.58. The van der Waals surface area contributed by atoms with E-state index < -0.39 is 5.91 Å². The number of primary amides is 1. The van der Waals surface area contributed by atoms with Crippen molar-refractivity contribution in [3.8, 4) is 0 Å². The number of carbonyl (C=O) groups excluding carboxylic acids is 2. The molecule has 0 fully saturated rings. The molecule has 2 amide bonds. The second kappa shape index (κ2) is 7.00. The van der Waals surface area contributed by atoms with Gasteiger partial charge in [-0.15, -0.1) is 0 Å². The molecule has 2 rings (SSSR count). The van der Waals surface area contributed by atoms with Gasteiger partial charge in [-0.2, -0.15) is 0 Å². The SMILES string of the molecule is NC(=O)c1cccc(CNC(=O)/C=C/c2cccnc2)c1. The van der Waals surface area contributed by atoms with E-state index >= 15 is 0 Å². The minimum atomic E-state index is -0.486. The lowest BCUT2D eigenvalue weighted by Gasteiger charge is -2.04. The van der Waals surface area contributed by atoms with Crippen LogP contribution in [0, 0.1) is 0 Å². The molecule has 0 aliphatic rings. The lowest BCUT2D eigenvalue weighted by molar-refractivity contribution is -0.116. The van der Waals surface area contributed by atoms with Crippen molar-refractivity contribution in [1.29, 1.82) is 0 Å². The van der Waals surface area contributed by atoms with E-state index in [4.69, 9.17) is 5.73 Å². The van der Waals surface area contributed by atoms with Gasteiger partial charge in [-0.1, -0.05) is 18.2 Å². The zero-order valence-electron chi connectivity index (χ0n) is 11.3. The number of rotatable bonds is 5. The van der Waals surface area contributed by atoms with Crippen molar-refractivity contribution >= 4 is 17.9 Å². The predicted molar refractivity (Wildman–Crippen MR) is 80.1 cm³/mol. The molecule has 3 N–H and O–H groups in total. The fourth-order valence-corrected chi connectivity index (χ4v) is 1.73. The largest absolute Gasteiger partial charge is 0.366 e. The predicted octanol–water partition coefficient (Wildman–Crippen LogP) is 1.51. The number of nitrogens with zero attached hydrogens (tertiary/aromatic N) is 1. The molecule has 0 atom stereocenters. The van der Waals surface area contributed by atoms with Crippen LogP contribution in [0.2, 0.25) is 0 Å². The molecule has 21 heavy (non-hydrogen) atoms. The zero-order chi connectivity index (χ0) is 15.1. The summed E-state index contributed by atoms with van der Waals surface area (Å²) < 4.78 is 0. The number of hydrogen-bond donors (Lipinski definition) is 2. The van der Waals surface area contributed by atoms with Crippen molar-refractivity contribution < 1.29 is 9.59 Å². The molecule has 5 nitrogen and oxygen atoms in total. The summed E-state index contributed by atoms with van der Waals surface area (Å²) in [6.45, 7) is 0.331. The van der Waals surface area contributed by atoms with Gasteiger partial charge in [0.05, 0.1) is 0 Å². The van der Waals surface area contributed by atoms with E-state index in [2.05, 4.69) is 10.3 Å². The minimum absolute atomic E-state index is 0.219. The molecule has 0 spiro atoms. The first-order chi connectivity index (χ1) is 10.1. The van der Waals surface area contributed by atoms with Gasteiger partial charge in [0.2, 0.25) is 11.8 Å². The standard InChI is InChI=1S/C16H15N3O2/c17-16(21)14-5-1-3-13(9-14)11-19-15(20)7-6-12-4-2-8-18-10-12/h1-10H,11H2,(H2,17,21)(H,19,20)/b7-6+. The van der Waals surface area contributed by atoms with E-state index in [1.807, 2.05) is 12.1 Å². The highest BCUT2D eigenvalue weighted by molar-refractivity contribution is 5.93. The number of carbonyl (C=O) groups is 2. The summed E-state index contributed by atoms with van der Waals surface area (Å²) in [6, 6.07) is 10.5. The highest BCUT2D eigenvalue weighted by Gasteiger charge is 2.02. The molecule has 0 saturated carbocycles. The topological polar surface area (TPSA) is 85.1 Å². The maximum Gasteiger partial charge on any atom is 0.248 e. The van der Waals surface area contributed by atoms with E-state index in [-0.39, 0.29) is 5.91 Å². The normalized spacial score (nSPS) is 10.5. The molecule has 2 aromatic rings. The Bertz CT molecular complexity index is 666. The van der Waals surface area contributed by atoms with Crippen molar-refractivity contribution in [2.24, 2.45) is 5.73 Å². The molecular weight excluding hydrogens is 266 g/mol. The summed E-state index contributed by atoms with van der Waals surface area (Å²) in [4.78, 5) is 26.7. The molecule has 0 bridgehead atoms. The Morgan fingerprint density at radius 2 is 2.10 bits per heavy atom. The van der Waals surface area contributed by atoms with Gasteiger partial charge in [-0.25, -0.2) is 0 Å². The molecule has 1 aromatic carbocycles. The first-order valence-electron chi connectivity index (χ1n) is 6.40. The van der Waals surface area contributed by atoms with Gasteiger partial charge in [0.25, 0.3) is 0 Å². The number of amides is 2. The molecule has 5 heteroatoms. The summed E-state index contributed by atoms with van der Waals surface area (Å²) in [5, 5.41) is 2.74. The van der Waals surface area contributed by atoms with Crippen LogP contribution >= 0.6 is 0 Å². The van der Waals surface area contributed by atoms with Gasteiger partial charge in [0, 0.05) is 30.6 Å². The summed E-state index contributed by atoms with van der Waals surface area (Å²) in [5.41, 5.74) is 7.30. The molecular formula is C16H15N3O2. The molecule has 0 radical (unpaired) electrons. The van der Waals surface area contributed by atoms with Gasteiger partial charge < -0.3 is 11.1 Å². The van der Waals surface area contributed by atoms with E-state index in [1.54, 1.807) is 42.7 Å². The lowest BCUT2D eigenvalue weighted by atomic mass is 10.1. The van der Waals surface area contributed by atoms with Crippen molar-refractivity contribution in [3.05, 3.63) is 71.6 Å². The number of aromatic nitrogens is 1. The number of hydrogen-bond acceptors (Lipinski definition) is 3. The Morgan fingerprint density at radius 3 is 2.81 bits per heavy atom. The molecule has 1 aromatic heterocycles. The average Bonchev–Trinajstić information content (AvgIpc) is 2.52. The van der Waals surface area contributed by atoms with E-state index in [9.17, 15) is 9.59 Å². The molecule has 0 unspecified atom stereocenters. The van der Waals surface area contributed by atoms with E-state index in [0.717, 1.165) is 11.1 Å². The van der Waals surface area contributed by atoms with Crippen molar-refractivity contribution in [1.82, 2.24) is 10.3 Å². The Balaban J connectivity index is 1.91. The van der Waals surface area contributed by atoms with Crippen molar-refractivity contribution in [2.45, 2.75) is 6.54 Å². The van der Waals surface area contributed by atoms with Crippen LogP contribution in [0.1, 0.15) is 21.5 Å². The molecule has 0 aliphatic carbocycles. The average molecular weight is 281 g/mol. The molecule has 0 saturated heterocycles. The van der Waals surface area contributed by atoms with Crippen molar-refractivity contribution in [2.75, 3.05) is 0 Å². The smallest absolute Gasteiger partial charge is 0.248 e. The molecule has 0 aliphatic heterocycles. The Kier molecular flexibility index (Phi) is 4.82. The maximum atomic E-state index is 11.7. The van der Waals surface area contributed by atoms with Crippen LogP contribution in [0.4, 0.5) is 0 Å². The summed E-state index contributed by atoms with van der Waals surface area (Å²) in [7, 11) is 0. The number of benzene rings is 1. The van der Waals surface area contributed by atoms with Crippen molar-refractivity contribution in [3.63, 3.8) is 0 Å². The van der Waals surface area contributed by atoms with Gasteiger partial charge in [0.15, 0.2) is 0 Å². The van der Waals surface area contributed by atoms with Crippen LogP contribution < -0.4 is 11.1 Å². The molecule has 106 valence electrons. The quantitative estimate of drug-likeness (QED) is 0.815. The summed E-state index contributed by atoms with van der Waals surface area (Å²) in [5.74, 6) is -0.706. The fraction of sp³-hybridized carbons (Fsp3) is 0.0625. The maximum absolute atomic E-state index is 11.7. The fourth-order valence-electron chi connectivity index (χ4n) is 1.73. The van der Waals surface area contributed by atoms with Crippen LogP contribution in [0.25, 0.3) is 6.08 Å². The second-order valence-corrected chi connectivity index (χ2v) is 4.40. The zero-order valence-corrected chi connectivity index (χ0v) is 11.3. The highest BCUT2D eigenvalue weighted by atomic mass is 16.1. The number of pyridine rings is 1. The van der Waals surface area contributed by atoms with Crippen LogP contribution in [0.5, 0.6) is 0 Å². The first kappa shape index (κ1) is 14.5. The number of nitrogens with one attached hydrogen (secondary N) is 1. The first-order valence-corrected chi connectivity index (χ1v) is 6.40. The lowest BCUT2D eigenvalue weighted by Crippen LogP contribution is -2.20. The highest BCUT2D eigenvalue weighted by Crippen LogP contribution is 2.04. The second-order valence-electron chi connectivity index (χ2n) is 4.40. The van der Waals surface area contributed by atoms with Crippen LogP contribution in [-0.4, -0.2) is 16.8 Å². The third-order valence-corrected chi connectivity index (χ3v) is 2.79. The monoisotopic (exact) mass is 281 g/mol. The van der Waals surface area contributed by atoms with Crippen LogP contribution in [0.15, 0.2) is 54.9 Å². The van der Waals surface area contributed by atoms with Gasteiger partial charge >= 0.3 is 0 Å². The van der Waals surface area contributed by atoms with Gasteiger partial charge in [0.1, 0.15) is 0 Å². The van der Waals surface area contributed by atoms with E-state index in [1.165, 1.54) is 6.08 Å². The number of nitrogens with two attached hydrogens (primary N) is 1. The summed E-state index contributed by atoms with van der Waals surface area (Å²) in [6.07, 6.45) is 6.46. The summed E-state index contributed by atoms with van der Waals surface area (Å²) >= 11 is 0.